The number of esters is 1. The fourth-order valence-corrected chi connectivity index (χ4v) is 1.99. The summed E-state index contributed by atoms with van der Waals surface area (Å²) in [7, 11) is 0. The summed E-state index contributed by atoms with van der Waals surface area (Å²) in [5.41, 5.74) is 1.31. The van der Waals surface area contributed by atoms with Gasteiger partial charge in [-0.3, -0.25) is 9.69 Å². The number of carbonyl (C=O) groups excluding carboxylic acids is 1. The first-order valence-electron chi connectivity index (χ1n) is 7.27. The van der Waals surface area contributed by atoms with E-state index >= 15 is 0 Å². The van der Waals surface area contributed by atoms with Crippen molar-refractivity contribution in [2.45, 2.75) is 46.3 Å². The van der Waals surface area contributed by atoms with Crippen molar-refractivity contribution in [1.29, 1.82) is 5.26 Å². The van der Waals surface area contributed by atoms with Crippen molar-refractivity contribution in [2.24, 2.45) is 0 Å². The molecule has 4 nitrogen and oxygen atoms in total. The molecule has 21 heavy (non-hydrogen) atoms. The topological polar surface area (TPSA) is 53.3 Å². The lowest BCUT2D eigenvalue weighted by molar-refractivity contribution is -0.155. The molecule has 0 bridgehead atoms. The van der Waals surface area contributed by atoms with Crippen molar-refractivity contribution >= 4 is 5.97 Å². The first-order valence-corrected chi connectivity index (χ1v) is 7.27. The molecule has 0 aliphatic heterocycles. The molecule has 0 saturated heterocycles. The Hall–Kier alpha value is -1.86. The molecule has 0 aromatic heterocycles. The highest BCUT2D eigenvalue weighted by Gasteiger charge is 2.16. The summed E-state index contributed by atoms with van der Waals surface area (Å²) in [6.07, 6.45) is 0.378. The molecule has 0 saturated carbocycles. The van der Waals surface area contributed by atoms with Crippen LogP contribution in [0.1, 0.15) is 45.2 Å². The highest BCUT2D eigenvalue weighted by molar-refractivity contribution is 5.70. The molecule has 0 aliphatic carbocycles. The van der Waals surface area contributed by atoms with Crippen molar-refractivity contribution in [3.05, 3.63) is 35.4 Å². The fourth-order valence-electron chi connectivity index (χ4n) is 1.99. The van der Waals surface area contributed by atoms with Crippen molar-refractivity contribution in [2.75, 3.05) is 13.1 Å². The molecular formula is C17H24N2O2. The third-order valence-corrected chi connectivity index (χ3v) is 2.96. The molecule has 0 aliphatic rings. The Labute approximate surface area is 127 Å². The van der Waals surface area contributed by atoms with E-state index in [2.05, 4.69) is 17.9 Å². The summed E-state index contributed by atoms with van der Waals surface area (Å²) in [4.78, 5) is 13.9. The van der Waals surface area contributed by atoms with Crippen LogP contribution in [0.5, 0.6) is 0 Å². The smallest absolute Gasteiger partial charge is 0.307 e. The van der Waals surface area contributed by atoms with Gasteiger partial charge in [0.05, 0.1) is 18.1 Å². The maximum atomic E-state index is 11.7. The third-order valence-electron chi connectivity index (χ3n) is 2.96. The van der Waals surface area contributed by atoms with Gasteiger partial charge in [-0.05, 0) is 45.0 Å². The zero-order chi connectivity index (χ0) is 15.9. The zero-order valence-electron chi connectivity index (χ0n) is 13.3. The summed E-state index contributed by atoms with van der Waals surface area (Å²) in [6.45, 7) is 9.90. The standard InChI is InChI=1S/C17H24N2O2/c1-5-19(10-9-16(20)21-17(2,3)4)13-15-8-6-7-14(11-15)12-18/h6-8,11H,5,9-10,13H2,1-4H3. The van der Waals surface area contributed by atoms with Crippen LogP contribution in [0.15, 0.2) is 24.3 Å². The van der Waals surface area contributed by atoms with Crippen LogP contribution < -0.4 is 0 Å². The first-order chi connectivity index (χ1) is 9.84. The van der Waals surface area contributed by atoms with Gasteiger partial charge in [-0.25, -0.2) is 0 Å². The summed E-state index contributed by atoms with van der Waals surface area (Å²) in [5.74, 6) is -0.174. The van der Waals surface area contributed by atoms with Gasteiger partial charge in [-0.1, -0.05) is 19.1 Å². The maximum absolute atomic E-state index is 11.7. The van der Waals surface area contributed by atoms with Crippen LogP contribution in [0.3, 0.4) is 0 Å². The summed E-state index contributed by atoms with van der Waals surface area (Å²) < 4.78 is 5.31. The molecule has 0 fully saturated rings. The van der Waals surface area contributed by atoms with Gasteiger partial charge in [-0.15, -0.1) is 0 Å². The van der Waals surface area contributed by atoms with Crippen molar-refractivity contribution < 1.29 is 9.53 Å². The number of hydrogen-bond acceptors (Lipinski definition) is 4. The van der Waals surface area contributed by atoms with E-state index in [1.807, 2.05) is 39.0 Å². The molecule has 1 aromatic carbocycles. The van der Waals surface area contributed by atoms with Gasteiger partial charge in [-0.2, -0.15) is 5.26 Å². The van der Waals surface area contributed by atoms with Crippen molar-refractivity contribution in [3.8, 4) is 6.07 Å². The summed E-state index contributed by atoms with van der Waals surface area (Å²) >= 11 is 0. The maximum Gasteiger partial charge on any atom is 0.307 e. The van der Waals surface area contributed by atoms with Gasteiger partial charge in [0.15, 0.2) is 0 Å². The molecule has 0 atom stereocenters. The van der Waals surface area contributed by atoms with E-state index < -0.39 is 5.60 Å². The van der Waals surface area contributed by atoms with Crippen LogP contribution >= 0.6 is 0 Å². The Morgan fingerprint density at radius 1 is 1.38 bits per heavy atom. The molecule has 0 amide bonds. The monoisotopic (exact) mass is 288 g/mol. The number of hydrogen-bond donors (Lipinski definition) is 0. The minimum absolute atomic E-state index is 0.174. The van der Waals surface area contributed by atoms with Crippen LogP contribution in [0.2, 0.25) is 0 Å². The van der Waals surface area contributed by atoms with Crippen LogP contribution in [-0.2, 0) is 16.1 Å². The number of benzene rings is 1. The third kappa shape index (κ3) is 6.92. The molecule has 1 aromatic rings. The Morgan fingerprint density at radius 3 is 2.67 bits per heavy atom. The Bertz CT molecular complexity index is 512. The molecule has 114 valence electrons. The van der Waals surface area contributed by atoms with Gasteiger partial charge >= 0.3 is 5.97 Å². The van der Waals surface area contributed by atoms with Crippen LogP contribution in [0.25, 0.3) is 0 Å². The predicted octanol–water partition coefficient (Wildman–Crippen LogP) is 3.11. The Morgan fingerprint density at radius 2 is 2.10 bits per heavy atom. The van der Waals surface area contributed by atoms with E-state index in [0.717, 1.165) is 18.7 Å². The molecule has 0 spiro atoms. The highest BCUT2D eigenvalue weighted by Crippen LogP contribution is 2.11. The second kappa shape index (κ2) is 7.80. The van der Waals surface area contributed by atoms with Gasteiger partial charge in [0.25, 0.3) is 0 Å². The van der Waals surface area contributed by atoms with Gasteiger partial charge in [0.1, 0.15) is 5.60 Å². The van der Waals surface area contributed by atoms with Crippen molar-refractivity contribution in [1.82, 2.24) is 4.90 Å². The van der Waals surface area contributed by atoms with E-state index in [1.165, 1.54) is 0 Å². The van der Waals surface area contributed by atoms with E-state index in [1.54, 1.807) is 6.07 Å². The molecule has 4 heteroatoms. The Kier molecular flexibility index (Phi) is 6.39. The SMILES string of the molecule is CCN(CCC(=O)OC(C)(C)C)Cc1cccc(C#N)c1. The highest BCUT2D eigenvalue weighted by atomic mass is 16.6. The normalized spacial score (nSPS) is 11.2. The van der Waals surface area contributed by atoms with E-state index in [4.69, 9.17) is 10.00 Å². The summed E-state index contributed by atoms with van der Waals surface area (Å²) in [6, 6.07) is 9.70. The minimum atomic E-state index is -0.435. The molecule has 0 N–H and O–H groups in total. The molecule has 0 heterocycles. The lowest BCUT2D eigenvalue weighted by Gasteiger charge is -2.23. The summed E-state index contributed by atoms with van der Waals surface area (Å²) in [5, 5.41) is 8.91. The number of rotatable bonds is 6. The van der Waals surface area contributed by atoms with Gasteiger partial charge in [0.2, 0.25) is 0 Å². The number of nitrogens with zero attached hydrogens (tertiary/aromatic N) is 2. The van der Waals surface area contributed by atoms with Crippen molar-refractivity contribution in [3.63, 3.8) is 0 Å². The molecule has 1 rings (SSSR count). The van der Waals surface area contributed by atoms with Gasteiger partial charge in [0, 0.05) is 13.1 Å². The lowest BCUT2D eigenvalue weighted by Crippen LogP contribution is -2.29. The quantitative estimate of drug-likeness (QED) is 0.755. The minimum Gasteiger partial charge on any atom is -0.460 e. The zero-order valence-corrected chi connectivity index (χ0v) is 13.3. The van der Waals surface area contributed by atoms with E-state index in [0.29, 0.717) is 18.5 Å². The van der Waals surface area contributed by atoms with E-state index in [-0.39, 0.29) is 5.97 Å². The molecular weight excluding hydrogens is 264 g/mol. The predicted molar refractivity (Wildman–Crippen MR) is 82.6 cm³/mol. The fraction of sp³-hybridized carbons (Fsp3) is 0.529. The largest absolute Gasteiger partial charge is 0.460 e. The number of carbonyl (C=O) groups is 1. The second-order valence-electron chi connectivity index (χ2n) is 6.02. The molecule has 0 unspecified atom stereocenters. The van der Waals surface area contributed by atoms with Gasteiger partial charge < -0.3 is 4.74 Å². The number of ether oxygens (including phenoxy) is 1. The van der Waals surface area contributed by atoms with Crippen LogP contribution in [0.4, 0.5) is 0 Å². The second-order valence-corrected chi connectivity index (χ2v) is 6.02. The van der Waals surface area contributed by atoms with Crippen LogP contribution in [-0.4, -0.2) is 29.6 Å². The average molecular weight is 288 g/mol. The average Bonchev–Trinajstić information content (AvgIpc) is 2.41. The molecule has 0 radical (unpaired) electrons. The lowest BCUT2D eigenvalue weighted by atomic mass is 10.1. The number of nitriles is 1. The Balaban J connectivity index is 2.52. The van der Waals surface area contributed by atoms with E-state index in [9.17, 15) is 4.79 Å². The van der Waals surface area contributed by atoms with Crippen LogP contribution in [0, 0.1) is 11.3 Å². The first kappa shape index (κ1) is 17.2.